The number of allylic oxidation sites excluding steroid dienone is 1. The Labute approximate surface area is 73.5 Å². The summed E-state index contributed by atoms with van der Waals surface area (Å²) < 4.78 is 0. The molecule has 0 aromatic rings. The number of rotatable bonds is 3. The van der Waals surface area contributed by atoms with Crippen molar-refractivity contribution in [1.29, 1.82) is 0 Å². The third-order valence-electron chi connectivity index (χ3n) is 0.868. The van der Waals surface area contributed by atoms with E-state index in [-0.39, 0.29) is 18.9 Å². The van der Waals surface area contributed by atoms with Gasteiger partial charge in [0.2, 0.25) is 0 Å². The van der Waals surface area contributed by atoms with Gasteiger partial charge in [-0.1, -0.05) is 19.9 Å². The predicted octanol–water partition coefficient (Wildman–Crippen LogP) is 1.02. The quantitative estimate of drug-likeness (QED) is 0.464. The average Bonchev–Trinajstić information content (AvgIpc) is 1.63. The molecule has 0 aliphatic heterocycles. The molecule has 0 atom stereocenters. The third kappa shape index (κ3) is 10.7. The van der Waals surface area contributed by atoms with Gasteiger partial charge in [0.1, 0.15) is 0 Å². The Morgan fingerprint density at radius 1 is 1.60 bits per heavy atom. The molecule has 3 heteroatoms. The Morgan fingerprint density at radius 2 is 2.10 bits per heavy atom. The number of carboxylic acids is 1. The fourth-order valence-electron chi connectivity index (χ4n) is 0.441. The summed E-state index contributed by atoms with van der Waals surface area (Å²) in [5.41, 5.74) is 0. The molecule has 0 aromatic heterocycles. The van der Waals surface area contributed by atoms with Gasteiger partial charge in [0.05, 0.1) is 0 Å². The number of hydrogen-bond donors (Lipinski definition) is 1. The Morgan fingerprint density at radius 3 is 2.40 bits per heavy atom. The number of carbonyl (C=O) groups is 1. The Kier molecular flexibility index (Phi) is 8.64. The molecule has 1 N–H and O–H groups in total. The van der Waals surface area contributed by atoms with Crippen molar-refractivity contribution in [3.05, 3.63) is 12.2 Å². The minimum absolute atomic E-state index is 0. The topological polar surface area (TPSA) is 37.3 Å². The van der Waals surface area contributed by atoms with Crippen LogP contribution in [0.3, 0.4) is 0 Å². The molecule has 0 amide bonds. The van der Waals surface area contributed by atoms with Crippen LogP contribution in [0.15, 0.2) is 12.2 Å². The Balaban J connectivity index is 0. The van der Waals surface area contributed by atoms with E-state index in [0.29, 0.717) is 5.92 Å². The van der Waals surface area contributed by atoms with Gasteiger partial charge < -0.3 is 5.11 Å². The fraction of sp³-hybridized carbons (Fsp3) is 0.571. The van der Waals surface area contributed by atoms with Crippen LogP contribution in [0.4, 0.5) is 0 Å². The summed E-state index contributed by atoms with van der Waals surface area (Å²) in [6.45, 7) is 4.10. The van der Waals surface area contributed by atoms with E-state index >= 15 is 0 Å². The van der Waals surface area contributed by atoms with Crippen molar-refractivity contribution in [2.75, 3.05) is 0 Å². The third-order valence-corrected chi connectivity index (χ3v) is 0.868. The van der Waals surface area contributed by atoms with Crippen LogP contribution in [0, 0.1) is 5.92 Å². The first-order valence-electron chi connectivity index (χ1n) is 3.02. The zero-order valence-electron chi connectivity index (χ0n) is 5.79. The van der Waals surface area contributed by atoms with Crippen LogP contribution in [0.1, 0.15) is 20.3 Å². The van der Waals surface area contributed by atoms with Crippen molar-refractivity contribution in [3.8, 4) is 0 Å². The van der Waals surface area contributed by atoms with E-state index in [2.05, 4.69) is 0 Å². The van der Waals surface area contributed by atoms with Crippen LogP contribution in [-0.4, -0.2) is 29.9 Å². The van der Waals surface area contributed by atoms with Gasteiger partial charge in [0, 0.05) is 6.08 Å². The maximum atomic E-state index is 9.89. The number of aliphatic carboxylic acids is 1. The zero-order chi connectivity index (χ0) is 7.28. The molecule has 0 radical (unpaired) electrons. The number of hydrogen-bond acceptors (Lipinski definition) is 1. The molecule has 0 aliphatic rings. The first kappa shape index (κ1) is 12.5. The molecule has 0 heterocycles. The van der Waals surface area contributed by atoms with Crippen molar-refractivity contribution in [1.82, 2.24) is 0 Å². The molecule has 0 rings (SSSR count). The van der Waals surface area contributed by atoms with Crippen LogP contribution < -0.4 is 0 Å². The molecule has 0 aromatic carbocycles. The Bertz CT molecular complexity index is 119. The molecule has 0 saturated heterocycles. The van der Waals surface area contributed by atoms with Crippen LogP contribution in [0.5, 0.6) is 0 Å². The molecule has 0 aliphatic carbocycles. The molecule has 0 fully saturated rings. The summed E-state index contributed by atoms with van der Waals surface area (Å²) in [7, 11) is 0. The van der Waals surface area contributed by atoms with Gasteiger partial charge in [-0.05, 0) is 12.3 Å². The molecule has 10 heavy (non-hydrogen) atoms. The summed E-state index contributed by atoms with van der Waals surface area (Å²) in [4.78, 5) is 9.89. The van der Waals surface area contributed by atoms with Gasteiger partial charge in [0.25, 0.3) is 0 Å². The van der Waals surface area contributed by atoms with E-state index in [0.717, 1.165) is 6.42 Å². The molecule has 0 spiro atoms. The average molecular weight is 136 g/mol. The van der Waals surface area contributed by atoms with Gasteiger partial charge in [-0.15, -0.1) is 0 Å². The molecular weight excluding hydrogens is 123 g/mol. The molecular formula is C7H13LiO2. The SMILES string of the molecule is CC(C)C/C=C/C(=O)O.[LiH]. The minimum atomic E-state index is -0.865. The first-order chi connectivity index (χ1) is 4.13. The van der Waals surface area contributed by atoms with Crippen LogP contribution in [0.25, 0.3) is 0 Å². The first-order valence-corrected chi connectivity index (χ1v) is 3.02. The van der Waals surface area contributed by atoms with Crippen molar-refractivity contribution < 1.29 is 9.90 Å². The second kappa shape index (κ2) is 6.92. The summed E-state index contributed by atoms with van der Waals surface area (Å²) in [5, 5.41) is 8.14. The molecule has 0 unspecified atom stereocenters. The van der Waals surface area contributed by atoms with Gasteiger partial charge in [-0.2, -0.15) is 0 Å². The van der Waals surface area contributed by atoms with Crippen molar-refractivity contribution in [3.63, 3.8) is 0 Å². The zero-order valence-corrected chi connectivity index (χ0v) is 5.79. The summed E-state index contributed by atoms with van der Waals surface area (Å²) in [6, 6.07) is 0. The normalized spacial score (nSPS) is 9.90. The summed E-state index contributed by atoms with van der Waals surface area (Å²) in [6.07, 6.45) is 3.69. The van der Waals surface area contributed by atoms with E-state index in [1.165, 1.54) is 6.08 Å². The molecule has 0 bridgehead atoms. The van der Waals surface area contributed by atoms with Crippen molar-refractivity contribution >= 4 is 24.8 Å². The Hall–Kier alpha value is -0.193. The van der Waals surface area contributed by atoms with Gasteiger partial charge >= 0.3 is 24.8 Å². The standard InChI is InChI=1S/C7H12O2.Li.H/c1-6(2)4-3-5-7(8)9;;/h3,5-6H,4H2,1-2H3,(H,8,9);;/b5-3+;;. The van der Waals surface area contributed by atoms with Crippen LogP contribution in [0.2, 0.25) is 0 Å². The monoisotopic (exact) mass is 136 g/mol. The second-order valence-corrected chi connectivity index (χ2v) is 2.37. The van der Waals surface area contributed by atoms with E-state index in [4.69, 9.17) is 5.11 Å². The van der Waals surface area contributed by atoms with Crippen molar-refractivity contribution in [2.45, 2.75) is 20.3 Å². The second-order valence-electron chi connectivity index (χ2n) is 2.37. The molecule has 2 nitrogen and oxygen atoms in total. The summed E-state index contributed by atoms with van der Waals surface area (Å²) in [5.74, 6) is -0.323. The van der Waals surface area contributed by atoms with Crippen LogP contribution in [-0.2, 0) is 4.79 Å². The summed E-state index contributed by atoms with van der Waals surface area (Å²) >= 11 is 0. The molecule has 54 valence electrons. The van der Waals surface area contributed by atoms with Gasteiger partial charge in [-0.25, -0.2) is 4.79 Å². The predicted molar refractivity (Wildman–Crippen MR) is 43.4 cm³/mol. The maximum absolute atomic E-state index is 9.89. The van der Waals surface area contributed by atoms with E-state index < -0.39 is 5.97 Å². The van der Waals surface area contributed by atoms with Crippen LogP contribution >= 0.6 is 0 Å². The van der Waals surface area contributed by atoms with Gasteiger partial charge in [0.15, 0.2) is 0 Å². The van der Waals surface area contributed by atoms with E-state index in [1.54, 1.807) is 6.08 Å². The van der Waals surface area contributed by atoms with Crippen molar-refractivity contribution in [2.24, 2.45) is 5.92 Å². The van der Waals surface area contributed by atoms with Gasteiger partial charge in [-0.3, -0.25) is 0 Å². The molecule has 0 saturated carbocycles. The number of carboxylic acid groups (broad SMARTS) is 1. The van der Waals surface area contributed by atoms with E-state index in [9.17, 15) is 4.79 Å². The van der Waals surface area contributed by atoms with E-state index in [1.807, 2.05) is 13.8 Å². The fourth-order valence-corrected chi connectivity index (χ4v) is 0.441.